The number of likely N-dealkylation sites (tertiary alicyclic amines) is 1. The summed E-state index contributed by atoms with van der Waals surface area (Å²) in [5.41, 5.74) is 7.73. The first-order chi connectivity index (χ1) is 9.31. The molecule has 3 heterocycles. The summed E-state index contributed by atoms with van der Waals surface area (Å²) < 4.78 is 1.86. The summed E-state index contributed by atoms with van der Waals surface area (Å²) in [5.74, 6) is 1.48. The average Bonchev–Trinajstić information content (AvgIpc) is 2.91. The third kappa shape index (κ3) is 2.35. The molecule has 0 amide bonds. The molecule has 2 N–H and O–H groups in total. The van der Waals surface area contributed by atoms with Crippen LogP contribution in [0.3, 0.4) is 0 Å². The highest BCUT2D eigenvalue weighted by Gasteiger charge is 2.23. The molecule has 1 aliphatic heterocycles. The van der Waals surface area contributed by atoms with Gasteiger partial charge in [-0.15, -0.1) is 0 Å². The summed E-state index contributed by atoms with van der Waals surface area (Å²) in [6, 6.07) is 4.00. The third-order valence-electron chi connectivity index (χ3n) is 4.08. The van der Waals surface area contributed by atoms with Crippen LogP contribution >= 0.6 is 0 Å². The molecule has 0 atom stereocenters. The predicted molar refractivity (Wildman–Crippen MR) is 75.0 cm³/mol. The van der Waals surface area contributed by atoms with E-state index in [-0.39, 0.29) is 0 Å². The van der Waals surface area contributed by atoms with E-state index in [4.69, 9.17) is 10.7 Å². The van der Waals surface area contributed by atoms with Crippen LogP contribution in [0.2, 0.25) is 0 Å². The lowest BCUT2D eigenvalue weighted by atomic mass is 9.96. The Morgan fingerprint density at radius 1 is 1.37 bits per heavy atom. The van der Waals surface area contributed by atoms with Crippen molar-refractivity contribution in [3.05, 3.63) is 29.7 Å². The van der Waals surface area contributed by atoms with E-state index in [1.807, 2.05) is 22.8 Å². The average molecular weight is 259 g/mol. The molecule has 19 heavy (non-hydrogen) atoms. The summed E-state index contributed by atoms with van der Waals surface area (Å²) in [6.45, 7) is 6.18. The summed E-state index contributed by atoms with van der Waals surface area (Å²) in [4.78, 5) is 7.20. The van der Waals surface area contributed by atoms with Gasteiger partial charge in [0, 0.05) is 24.2 Å². The van der Waals surface area contributed by atoms with Gasteiger partial charge in [0.15, 0.2) is 11.5 Å². The van der Waals surface area contributed by atoms with Crippen molar-refractivity contribution in [2.45, 2.75) is 32.2 Å². The second-order valence-corrected chi connectivity index (χ2v) is 5.18. The van der Waals surface area contributed by atoms with Gasteiger partial charge in [0.05, 0.1) is 0 Å². The van der Waals surface area contributed by atoms with Crippen molar-refractivity contribution >= 4 is 5.65 Å². The zero-order valence-electron chi connectivity index (χ0n) is 11.4. The molecule has 102 valence electrons. The molecule has 1 saturated heterocycles. The van der Waals surface area contributed by atoms with Gasteiger partial charge in [-0.05, 0) is 38.5 Å². The highest BCUT2D eigenvalue weighted by atomic mass is 15.3. The van der Waals surface area contributed by atoms with E-state index < -0.39 is 0 Å². The van der Waals surface area contributed by atoms with Gasteiger partial charge in [0.25, 0.3) is 0 Å². The number of rotatable bonds is 3. The minimum atomic E-state index is 0.494. The highest BCUT2D eigenvalue weighted by Crippen LogP contribution is 2.26. The van der Waals surface area contributed by atoms with Gasteiger partial charge in [-0.25, -0.2) is 9.50 Å². The van der Waals surface area contributed by atoms with Gasteiger partial charge in [-0.2, -0.15) is 5.10 Å². The van der Waals surface area contributed by atoms with E-state index >= 15 is 0 Å². The minimum absolute atomic E-state index is 0.494. The quantitative estimate of drug-likeness (QED) is 0.905. The summed E-state index contributed by atoms with van der Waals surface area (Å²) >= 11 is 0. The Morgan fingerprint density at radius 3 is 2.84 bits per heavy atom. The molecule has 3 rings (SSSR count). The lowest BCUT2D eigenvalue weighted by Gasteiger charge is -2.29. The van der Waals surface area contributed by atoms with Crippen molar-refractivity contribution < 1.29 is 0 Å². The van der Waals surface area contributed by atoms with Crippen LogP contribution in [0.15, 0.2) is 18.3 Å². The first-order valence-electron chi connectivity index (χ1n) is 7.08. The highest BCUT2D eigenvalue weighted by molar-refractivity contribution is 5.47. The Morgan fingerprint density at radius 2 is 2.16 bits per heavy atom. The molecule has 0 aliphatic carbocycles. The predicted octanol–water partition coefficient (Wildman–Crippen LogP) is 1.39. The van der Waals surface area contributed by atoms with E-state index in [1.54, 1.807) is 0 Å². The number of hydrogen-bond donors (Lipinski definition) is 1. The van der Waals surface area contributed by atoms with Gasteiger partial charge in [0.2, 0.25) is 0 Å². The second-order valence-electron chi connectivity index (χ2n) is 5.18. The first kappa shape index (κ1) is 12.6. The maximum atomic E-state index is 5.75. The molecule has 5 heteroatoms. The van der Waals surface area contributed by atoms with Crippen molar-refractivity contribution in [3.8, 4) is 0 Å². The van der Waals surface area contributed by atoms with Gasteiger partial charge in [-0.3, -0.25) is 0 Å². The first-order valence-corrected chi connectivity index (χ1v) is 7.08. The number of piperidine rings is 1. The summed E-state index contributed by atoms with van der Waals surface area (Å²) in [7, 11) is 0. The number of aromatic nitrogens is 3. The molecule has 0 saturated carbocycles. The van der Waals surface area contributed by atoms with E-state index in [0.29, 0.717) is 12.5 Å². The third-order valence-corrected chi connectivity index (χ3v) is 4.08. The van der Waals surface area contributed by atoms with Gasteiger partial charge in [-0.1, -0.05) is 13.0 Å². The van der Waals surface area contributed by atoms with Crippen LogP contribution in [0.5, 0.6) is 0 Å². The van der Waals surface area contributed by atoms with E-state index in [9.17, 15) is 0 Å². The Balaban J connectivity index is 1.86. The number of pyridine rings is 1. The van der Waals surface area contributed by atoms with Crippen LogP contribution in [0.25, 0.3) is 5.65 Å². The van der Waals surface area contributed by atoms with E-state index in [2.05, 4.69) is 16.9 Å². The van der Waals surface area contributed by atoms with Crippen molar-refractivity contribution in [1.82, 2.24) is 19.5 Å². The topological polar surface area (TPSA) is 59.5 Å². The van der Waals surface area contributed by atoms with Crippen LogP contribution in [0.4, 0.5) is 0 Å². The Labute approximate surface area is 113 Å². The van der Waals surface area contributed by atoms with Gasteiger partial charge >= 0.3 is 0 Å². The van der Waals surface area contributed by atoms with E-state index in [1.165, 1.54) is 0 Å². The fraction of sp³-hybridized carbons (Fsp3) is 0.571. The van der Waals surface area contributed by atoms with Crippen LogP contribution in [0.1, 0.15) is 37.1 Å². The fourth-order valence-corrected chi connectivity index (χ4v) is 2.82. The molecule has 0 aromatic carbocycles. The zero-order chi connectivity index (χ0) is 13.2. The van der Waals surface area contributed by atoms with Crippen LogP contribution in [0, 0.1) is 0 Å². The molecule has 1 fully saturated rings. The van der Waals surface area contributed by atoms with Gasteiger partial charge in [0.1, 0.15) is 0 Å². The SMILES string of the molecule is CCN1CCC(c2nc3c(CN)cccn3n2)CC1. The summed E-state index contributed by atoms with van der Waals surface area (Å²) in [5, 5.41) is 4.63. The molecule has 0 unspecified atom stereocenters. The van der Waals surface area contributed by atoms with Crippen molar-refractivity contribution in [1.29, 1.82) is 0 Å². The largest absolute Gasteiger partial charge is 0.326 e. The molecule has 2 aromatic heterocycles. The Kier molecular flexibility index (Phi) is 3.48. The van der Waals surface area contributed by atoms with Gasteiger partial charge < -0.3 is 10.6 Å². The minimum Gasteiger partial charge on any atom is -0.326 e. The van der Waals surface area contributed by atoms with E-state index in [0.717, 1.165) is 49.5 Å². The van der Waals surface area contributed by atoms with Crippen molar-refractivity contribution in [2.75, 3.05) is 19.6 Å². The summed E-state index contributed by atoms with van der Waals surface area (Å²) in [6.07, 6.45) is 4.26. The standard InChI is InChI=1S/C14H21N5/c1-2-18-8-5-11(6-9-18)13-16-14-12(10-15)4-3-7-19(14)17-13/h3-4,7,11H,2,5-6,8-10,15H2,1H3. The Hall–Kier alpha value is -1.46. The molecular formula is C14H21N5. The lowest BCUT2D eigenvalue weighted by molar-refractivity contribution is 0.219. The molecule has 1 aliphatic rings. The number of nitrogens with two attached hydrogens (primary N) is 1. The maximum Gasteiger partial charge on any atom is 0.160 e. The van der Waals surface area contributed by atoms with Crippen LogP contribution in [-0.2, 0) is 6.54 Å². The normalized spacial score (nSPS) is 18.2. The zero-order valence-corrected chi connectivity index (χ0v) is 11.4. The fourth-order valence-electron chi connectivity index (χ4n) is 2.82. The lowest BCUT2D eigenvalue weighted by Crippen LogP contribution is -2.32. The maximum absolute atomic E-state index is 5.75. The van der Waals surface area contributed by atoms with Crippen LogP contribution in [-0.4, -0.2) is 39.1 Å². The molecule has 5 nitrogen and oxygen atoms in total. The van der Waals surface area contributed by atoms with Crippen molar-refractivity contribution in [2.24, 2.45) is 5.73 Å². The molecule has 2 aromatic rings. The number of fused-ring (bicyclic) bond motifs is 1. The Bertz CT molecular complexity index is 554. The monoisotopic (exact) mass is 259 g/mol. The molecule has 0 bridgehead atoms. The molecule has 0 spiro atoms. The smallest absolute Gasteiger partial charge is 0.160 e. The van der Waals surface area contributed by atoms with Crippen molar-refractivity contribution in [3.63, 3.8) is 0 Å². The number of hydrogen-bond acceptors (Lipinski definition) is 4. The number of nitrogens with zero attached hydrogens (tertiary/aromatic N) is 4. The second kappa shape index (κ2) is 5.27. The molecular weight excluding hydrogens is 238 g/mol. The molecule has 0 radical (unpaired) electrons. The van der Waals surface area contributed by atoms with Crippen LogP contribution < -0.4 is 5.73 Å².